The number of carbonyl (C=O) groups is 1. The number of fused-ring (bicyclic) bond motifs is 2. The summed E-state index contributed by atoms with van der Waals surface area (Å²) in [6.07, 6.45) is 3.87. The minimum atomic E-state index is -0.867. The molecule has 0 aliphatic carbocycles. The fourth-order valence-electron chi connectivity index (χ4n) is 4.29. The van der Waals surface area contributed by atoms with Gasteiger partial charge in [-0.15, -0.1) is 0 Å². The molecule has 0 bridgehead atoms. The molecule has 2 heterocycles. The van der Waals surface area contributed by atoms with Crippen LogP contribution in [0.4, 0.5) is 0 Å². The van der Waals surface area contributed by atoms with Crippen LogP contribution < -0.4 is 5.43 Å². The van der Waals surface area contributed by atoms with Crippen LogP contribution in [0.25, 0.3) is 21.7 Å². The van der Waals surface area contributed by atoms with Crippen LogP contribution in [-0.4, -0.2) is 35.7 Å². The second-order valence-electron chi connectivity index (χ2n) is 8.17. The molecule has 1 aliphatic rings. The Balaban J connectivity index is 1.38. The van der Waals surface area contributed by atoms with Crippen molar-refractivity contribution in [2.75, 3.05) is 13.2 Å². The smallest absolute Gasteiger partial charge is 0.245 e. The van der Waals surface area contributed by atoms with Gasteiger partial charge in [0.15, 0.2) is 5.79 Å². The largest absolute Gasteiger partial charge is 0.347 e. The summed E-state index contributed by atoms with van der Waals surface area (Å²) in [7, 11) is 0. The minimum absolute atomic E-state index is 0.104. The molecule has 32 heavy (non-hydrogen) atoms. The minimum Gasteiger partial charge on any atom is -0.347 e. The Morgan fingerprint density at radius 3 is 2.59 bits per heavy atom. The van der Waals surface area contributed by atoms with Crippen molar-refractivity contribution in [2.24, 2.45) is 5.10 Å². The van der Waals surface area contributed by atoms with Gasteiger partial charge < -0.3 is 14.0 Å². The van der Waals surface area contributed by atoms with Crippen molar-refractivity contribution < 1.29 is 14.3 Å². The summed E-state index contributed by atoms with van der Waals surface area (Å²) >= 11 is 0. The third kappa shape index (κ3) is 4.15. The Morgan fingerprint density at radius 2 is 1.75 bits per heavy atom. The van der Waals surface area contributed by atoms with Crippen molar-refractivity contribution in [3.05, 3.63) is 84.1 Å². The molecule has 0 unspecified atom stereocenters. The zero-order chi connectivity index (χ0) is 22.0. The average molecular weight is 428 g/mol. The molecule has 0 radical (unpaired) electrons. The van der Waals surface area contributed by atoms with Gasteiger partial charge in [-0.3, -0.25) is 4.79 Å². The fraction of sp³-hybridized carbons (Fsp3) is 0.231. The summed E-state index contributed by atoms with van der Waals surface area (Å²) in [6.45, 7) is 3.52. The number of amides is 1. The molecule has 0 saturated carbocycles. The molecule has 6 heteroatoms. The van der Waals surface area contributed by atoms with Crippen molar-refractivity contribution in [1.82, 2.24) is 9.99 Å². The first-order valence-electron chi connectivity index (χ1n) is 10.8. The normalized spacial score (nSPS) is 15.7. The number of para-hydroxylation sites is 1. The lowest BCUT2D eigenvalue weighted by Crippen LogP contribution is -2.33. The van der Waals surface area contributed by atoms with Crippen LogP contribution in [0.3, 0.4) is 0 Å². The monoisotopic (exact) mass is 427 g/mol. The Bertz CT molecular complexity index is 1300. The highest BCUT2D eigenvalue weighted by molar-refractivity contribution is 6.00. The van der Waals surface area contributed by atoms with Gasteiger partial charge in [0.25, 0.3) is 0 Å². The van der Waals surface area contributed by atoms with E-state index in [0.717, 1.165) is 23.0 Å². The van der Waals surface area contributed by atoms with Gasteiger partial charge in [0.1, 0.15) is 0 Å². The zero-order valence-corrected chi connectivity index (χ0v) is 18.0. The van der Waals surface area contributed by atoms with Gasteiger partial charge >= 0.3 is 0 Å². The second kappa shape index (κ2) is 8.57. The van der Waals surface area contributed by atoms with Crippen molar-refractivity contribution in [3.63, 3.8) is 0 Å². The van der Waals surface area contributed by atoms with E-state index in [9.17, 15) is 4.79 Å². The van der Waals surface area contributed by atoms with Gasteiger partial charge in [-0.05, 0) is 29.3 Å². The molecule has 0 spiro atoms. The molecule has 1 N–H and O–H groups in total. The second-order valence-corrected chi connectivity index (χ2v) is 8.17. The van der Waals surface area contributed by atoms with E-state index in [1.807, 2.05) is 12.1 Å². The number of aromatic nitrogens is 1. The van der Waals surface area contributed by atoms with E-state index in [4.69, 9.17) is 9.47 Å². The predicted molar refractivity (Wildman–Crippen MR) is 126 cm³/mol. The van der Waals surface area contributed by atoms with Gasteiger partial charge in [-0.25, -0.2) is 5.43 Å². The van der Waals surface area contributed by atoms with Crippen molar-refractivity contribution in [2.45, 2.75) is 25.7 Å². The lowest BCUT2D eigenvalue weighted by molar-refractivity contribution is -0.159. The number of benzene rings is 3. The van der Waals surface area contributed by atoms with E-state index in [0.29, 0.717) is 13.2 Å². The van der Waals surface area contributed by atoms with Crippen LogP contribution in [0.2, 0.25) is 0 Å². The van der Waals surface area contributed by atoms with E-state index in [2.05, 4.69) is 75.9 Å². The lowest BCUT2D eigenvalue weighted by atomic mass is 10.0. The molecule has 1 aromatic heterocycles. The third-order valence-corrected chi connectivity index (χ3v) is 5.81. The maximum absolute atomic E-state index is 12.2. The van der Waals surface area contributed by atoms with Crippen LogP contribution in [0.15, 0.2) is 78.0 Å². The maximum atomic E-state index is 12.2. The standard InChI is InChI=1S/C26H25N3O3/c1-26(31-13-14-32-26)15-25(30)28-27-16-21-18-29(24-12-5-4-11-23(21)24)17-20-9-6-8-19-7-2-3-10-22(19)20/h2-12,16,18H,13-15,17H2,1H3,(H,28,30). The highest BCUT2D eigenvalue weighted by Crippen LogP contribution is 2.25. The number of ether oxygens (including phenoxy) is 2. The van der Waals surface area contributed by atoms with Gasteiger partial charge in [0.05, 0.1) is 25.8 Å². The molecule has 6 nitrogen and oxygen atoms in total. The highest BCUT2D eigenvalue weighted by atomic mass is 16.7. The fourth-order valence-corrected chi connectivity index (χ4v) is 4.29. The van der Waals surface area contributed by atoms with Crippen LogP contribution in [0.5, 0.6) is 0 Å². The molecule has 5 rings (SSSR count). The summed E-state index contributed by atoms with van der Waals surface area (Å²) in [5.74, 6) is -1.11. The summed E-state index contributed by atoms with van der Waals surface area (Å²) < 4.78 is 13.2. The van der Waals surface area contributed by atoms with E-state index in [1.54, 1.807) is 13.1 Å². The summed E-state index contributed by atoms with van der Waals surface area (Å²) in [5, 5.41) is 7.75. The Kier molecular flexibility index (Phi) is 5.47. The van der Waals surface area contributed by atoms with E-state index in [1.165, 1.54) is 16.3 Å². The summed E-state index contributed by atoms with van der Waals surface area (Å²) in [4.78, 5) is 12.2. The highest BCUT2D eigenvalue weighted by Gasteiger charge is 2.33. The Morgan fingerprint density at radius 1 is 1.03 bits per heavy atom. The average Bonchev–Trinajstić information content (AvgIpc) is 3.38. The van der Waals surface area contributed by atoms with Crippen LogP contribution in [0, 0.1) is 0 Å². The van der Waals surface area contributed by atoms with Gasteiger partial charge in [-0.1, -0.05) is 60.7 Å². The first-order chi connectivity index (χ1) is 15.6. The first kappa shape index (κ1) is 20.4. The van der Waals surface area contributed by atoms with Gasteiger partial charge in [-0.2, -0.15) is 5.10 Å². The number of nitrogens with zero attached hydrogens (tertiary/aromatic N) is 2. The summed E-state index contributed by atoms with van der Waals surface area (Å²) in [6, 6.07) is 23.0. The number of hydrazone groups is 1. The molecule has 162 valence electrons. The molecule has 0 atom stereocenters. The summed E-state index contributed by atoms with van der Waals surface area (Å²) in [5.41, 5.74) is 5.91. The number of nitrogens with one attached hydrogen (secondary N) is 1. The van der Waals surface area contributed by atoms with Gasteiger partial charge in [0, 0.05) is 29.2 Å². The van der Waals surface area contributed by atoms with Crippen molar-refractivity contribution in [3.8, 4) is 0 Å². The molecule has 3 aromatic carbocycles. The van der Waals surface area contributed by atoms with Crippen molar-refractivity contribution >= 4 is 33.8 Å². The molecule has 1 aliphatic heterocycles. The number of rotatable bonds is 6. The van der Waals surface area contributed by atoms with Crippen LogP contribution >= 0.6 is 0 Å². The van der Waals surface area contributed by atoms with Gasteiger partial charge in [0.2, 0.25) is 5.91 Å². The Hall–Kier alpha value is -3.48. The van der Waals surface area contributed by atoms with E-state index >= 15 is 0 Å². The van der Waals surface area contributed by atoms with E-state index < -0.39 is 5.79 Å². The quantitative estimate of drug-likeness (QED) is 0.365. The van der Waals surface area contributed by atoms with E-state index in [-0.39, 0.29) is 12.3 Å². The molecule has 1 fully saturated rings. The van der Waals surface area contributed by atoms with Crippen molar-refractivity contribution in [1.29, 1.82) is 0 Å². The van der Waals surface area contributed by atoms with Crippen LogP contribution in [0.1, 0.15) is 24.5 Å². The zero-order valence-electron chi connectivity index (χ0n) is 18.0. The Labute approximate surface area is 186 Å². The SMILES string of the molecule is CC1(CC(=O)NN=Cc2cn(Cc3cccc4ccccc34)c3ccccc23)OCCO1. The first-order valence-corrected chi connectivity index (χ1v) is 10.8. The number of carbonyl (C=O) groups excluding carboxylic acids is 1. The predicted octanol–water partition coefficient (Wildman–Crippen LogP) is 4.45. The van der Waals surface area contributed by atoms with Crippen LogP contribution in [-0.2, 0) is 20.8 Å². The molecule has 4 aromatic rings. The third-order valence-electron chi connectivity index (χ3n) is 5.81. The number of hydrogen-bond donors (Lipinski definition) is 1. The topological polar surface area (TPSA) is 64.9 Å². The molecule has 1 amide bonds. The maximum Gasteiger partial charge on any atom is 0.245 e. The molecular formula is C26H25N3O3. The molecule has 1 saturated heterocycles. The molecular weight excluding hydrogens is 402 g/mol. The number of hydrogen-bond acceptors (Lipinski definition) is 4. The lowest BCUT2D eigenvalue weighted by Gasteiger charge is -2.20.